The third-order valence-corrected chi connectivity index (χ3v) is 4.29. The van der Waals surface area contributed by atoms with Gasteiger partial charge >= 0.3 is 0 Å². The maximum absolute atomic E-state index is 12.3. The Morgan fingerprint density at radius 1 is 0.960 bits per heavy atom. The molecule has 0 unspecified atom stereocenters. The minimum Gasteiger partial charge on any atom is -0.505 e. The summed E-state index contributed by atoms with van der Waals surface area (Å²) in [4.78, 5) is 12.3. The van der Waals surface area contributed by atoms with Crippen LogP contribution in [0.1, 0.15) is 10.4 Å². The highest BCUT2D eigenvalue weighted by molar-refractivity contribution is 7.80. The van der Waals surface area contributed by atoms with Gasteiger partial charge in [-0.15, -0.1) is 0 Å². The van der Waals surface area contributed by atoms with Gasteiger partial charge in [-0.3, -0.25) is 10.1 Å². The van der Waals surface area contributed by atoms with Gasteiger partial charge in [-0.2, -0.15) is 0 Å². The summed E-state index contributed by atoms with van der Waals surface area (Å²) in [5, 5.41) is 17.2. The van der Waals surface area contributed by atoms with Gasteiger partial charge in [0.2, 0.25) is 0 Å². The Labute approximate surface area is 159 Å². The molecule has 0 bridgehead atoms. The van der Waals surface area contributed by atoms with E-state index < -0.39 is 0 Å². The number of rotatable bonds is 2. The number of benzene rings is 3. The molecule has 3 N–H and O–H groups in total. The highest BCUT2D eigenvalue weighted by Gasteiger charge is 2.11. The van der Waals surface area contributed by atoms with Crippen molar-refractivity contribution in [3.8, 4) is 5.75 Å². The maximum Gasteiger partial charge on any atom is 0.257 e. The van der Waals surface area contributed by atoms with Gasteiger partial charge in [0.1, 0.15) is 0 Å². The average molecular weight is 391 g/mol. The number of aromatic hydroxyl groups is 1. The fourth-order valence-corrected chi connectivity index (χ4v) is 3.00. The number of amides is 1. The molecule has 25 heavy (non-hydrogen) atoms. The van der Waals surface area contributed by atoms with E-state index in [2.05, 4.69) is 10.6 Å². The predicted octanol–water partition coefficient (Wildman–Crippen LogP) is 4.98. The summed E-state index contributed by atoms with van der Waals surface area (Å²) in [5.74, 6) is -0.542. The number of hydrogen-bond acceptors (Lipinski definition) is 3. The summed E-state index contributed by atoms with van der Waals surface area (Å²) in [6.45, 7) is 0. The summed E-state index contributed by atoms with van der Waals surface area (Å²) in [5.41, 5.74) is 0.946. The van der Waals surface area contributed by atoms with Crippen LogP contribution in [-0.2, 0) is 0 Å². The summed E-state index contributed by atoms with van der Waals surface area (Å²) in [6.07, 6.45) is 0. The molecule has 0 saturated carbocycles. The first kappa shape index (κ1) is 17.5. The van der Waals surface area contributed by atoms with Crippen LogP contribution in [0.2, 0.25) is 10.0 Å². The van der Waals surface area contributed by atoms with Crippen molar-refractivity contribution in [2.24, 2.45) is 0 Å². The van der Waals surface area contributed by atoms with Crippen LogP contribution in [-0.4, -0.2) is 16.1 Å². The van der Waals surface area contributed by atoms with Gasteiger partial charge in [0.05, 0.1) is 10.0 Å². The van der Waals surface area contributed by atoms with E-state index >= 15 is 0 Å². The lowest BCUT2D eigenvalue weighted by Crippen LogP contribution is -2.34. The molecule has 0 fully saturated rings. The summed E-state index contributed by atoms with van der Waals surface area (Å²) in [7, 11) is 0. The van der Waals surface area contributed by atoms with E-state index in [4.69, 9.17) is 35.4 Å². The fraction of sp³-hybridized carbons (Fsp3) is 0. The van der Waals surface area contributed by atoms with Crippen LogP contribution in [0.15, 0.2) is 54.6 Å². The van der Waals surface area contributed by atoms with Gasteiger partial charge in [0.25, 0.3) is 5.91 Å². The van der Waals surface area contributed by atoms with Crippen molar-refractivity contribution in [2.45, 2.75) is 0 Å². The molecule has 0 atom stereocenters. The fourth-order valence-electron chi connectivity index (χ4n) is 2.31. The van der Waals surface area contributed by atoms with Crippen LogP contribution >= 0.6 is 35.4 Å². The summed E-state index contributed by atoms with van der Waals surface area (Å²) < 4.78 is 0. The third-order valence-electron chi connectivity index (χ3n) is 3.51. The first-order valence-corrected chi connectivity index (χ1v) is 8.39. The molecule has 4 nitrogen and oxygen atoms in total. The van der Waals surface area contributed by atoms with Crippen molar-refractivity contribution in [1.82, 2.24) is 5.32 Å². The largest absolute Gasteiger partial charge is 0.505 e. The average Bonchev–Trinajstić information content (AvgIpc) is 2.59. The lowest BCUT2D eigenvalue weighted by Gasteiger charge is -2.11. The molecule has 3 aromatic carbocycles. The number of carbonyl (C=O) groups is 1. The van der Waals surface area contributed by atoms with E-state index in [1.165, 1.54) is 12.1 Å². The number of fused-ring (bicyclic) bond motifs is 1. The zero-order valence-electron chi connectivity index (χ0n) is 12.7. The van der Waals surface area contributed by atoms with Crippen molar-refractivity contribution >= 4 is 62.9 Å². The second-order valence-corrected chi connectivity index (χ2v) is 6.48. The van der Waals surface area contributed by atoms with E-state index in [0.717, 1.165) is 10.8 Å². The molecule has 3 aromatic rings. The van der Waals surface area contributed by atoms with Crippen LogP contribution < -0.4 is 10.6 Å². The van der Waals surface area contributed by atoms with Gasteiger partial charge < -0.3 is 10.4 Å². The third kappa shape index (κ3) is 4.02. The minimum absolute atomic E-state index is 0.0821. The first-order chi connectivity index (χ1) is 11.9. The Morgan fingerprint density at radius 3 is 2.28 bits per heavy atom. The zero-order chi connectivity index (χ0) is 18.0. The van der Waals surface area contributed by atoms with Gasteiger partial charge in [0, 0.05) is 11.3 Å². The molecule has 126 valence electrons. The maximum atomic E-state index is 12.3. The van der Waals surface area contributed by atoms with Crippen molar-refractivity contribution in [3.05, 3.63) is 70.2 Å². The van der Waals surface area contributed by atoms with E-state index in [1.807, 2.05) is 30.3 Å². The lowest BCUT2D eigenvalue weighted by atomic mass is 10.1. The Kier molecular flexibility index (Phi) is 5.08. The first-order valence-electron chi connectivity index (χ1n) is 7.23. The van der Waals surface area contributed by atoms with E-state index in [-0.39, 0.29) is 26.8 Å². The normalized spacial score (nSPS) is 10.5. The molecule has 0 aliphatic rings. The van der Waals surface area contributed by atoms with Crippen molar-refractivity contribution < 1.29 is 9.90 Å². The smallest absolute Gasteiger partial charge is 0.257 e. The van der Waals surface area contributed by atoms with Gasteiger partial charge in [-0.25, -0.2) is 0 Å². The van der Waals surface area contributed by atoms with Gasteiger partial charge in [-0.05, 0) is 47.3 Å². The Morgan fingerprint density at radius 2 is 1.60 bits per heavy atom. The predicted molar refractivity (Wildman–Crippen MR) is 106 cm³/mol. The molecule has 0 saturated heterocycles. The SMILES string of the molecule is O=C(NC(=S)Nc1cc(Cl)c(O)c(Cl)c1)c1ccc2ccccc2c1. The lowest BCUT2D eigenvalue weighted by molar-refractivity contribution is 0.0978. The Hall–Kier alpha value is -2.34. The minimum atomic E-state index is -0.334. The number of nitrogens with one attached hydrogen (secondary N) is 2. The monoisotopic (exact) mass is 390 g/mol. The molecule has 0 spiro atoms. The van der Waals surface area contributed by atoms with Gasteiger partial charge in [0.15, 0.2) is 10.9 Å². The van der Waals surface area contributed by atoms with E-state index in [0.29, 0.717) is 11.3 Å². The Bertz CT molecular complexity index is 969. The van der Waals surface area contributed by atoms with Crippen molar-refractivity contribution in [2.75, 3.05) is 5.32 Å². The highest BCUT2D eigenvalue weighted by Crippen LogP contribution is 2.34. The molecule has 0 radical (unpaired) electrons. The number of halogens is 2. The second kappa shape index (κ2) is 7.27. The molecule has 7 heteroatoms. The quantitative estimate of drug-likeness (QED) is 0.426. The number of phenols is 1. The molecule has 3 rings (SSSR count). The van der Waals surface area contributed by atoms with E-state index in [1.54, 1.807) is 12.1 Å². The number of thiocarbonyl (C=S) groups is 1. The zero-order valence-corrected chi connectivity index (χ0v) is 15.0. The summed E-state index contributed by atoms with van der Waals surface area (Å²) in [6, 6.07) is 16.1. The van der Waals surface area contributed by atoms with E-state index in [9.17, 15) is 9.90 Å². The second-order valence-electron chi connectivity index (χ2n) is 5.26. The van der Waals surface area contributed by atoms with Crippen LogP contribution in [0.25, 0.3) is 10.8 Å². The molecule has 0 heterocycles. The highest BCUT2D eigenvalue weighted by atomic mass is 35.5. The Balaban J connectivity index is 1.72. The number of hydrogen-bond donors (Lipinski definition) is 3. The number of phenolic OH excluding ortho intramolecular Hbond substituents is 1. The molecular weight excluding hydrogens is 379 g/mol. The van der Waals surface area contributed by atoms with Crippen LogP contribution in [0.5, 0.6) is 5.75 Å². The molecule has 0 aliphatic carbocycles. The summed E-state index contributed by atoms with van der Waals surface area (Å²) >= 11 is 16.8. The molecule has 0 aliphatic heterocycles. The molecular formula is C18H12Cl2N2O2S. The van der Waals surface area contributed by atoms with Crippen LogP contribution in [0, 0.1) is 0 Å². The topological polar surface area (TPSA) is 61.4 Å². The van der Waals surface area contributed by atoms with Crippen molar-refractivity contribution in [1.29, 1.82) is 0 Å². The molecule has 1 amide bonds. The standard InChI is InChI=1S/C18H12Cl2N2O2S/c19-14-8-13(9-15(20)16(14)23)21-18(25)22-17(24)12-6-5-10-3-1-2-4-11(10)7-12/h1-9,23H,(H2,21,22,24,25). The number of anilines is 1. The molecule has 0 aromatic heterocycles. The van der Waals surface area contributed by atoms with Crippen LogP contribution in [0.4, 0.5) is 5.69 Å². The number of carbonyl (C=O) groups excluding carboxylic acids is 1. The van der Waals surface area contributed by atoms with Crippen molar-refractivity contribution in [3.63, 3.8) is 0 Å². The van der Waals surface area contributed by atoms with Crippen LogP contribution in [0.3, 0.4) is 0 Å². The van der Waals surface area contributed by atoms with Gasteiger partial charge in [-0.1, -0.05) is 53.5 Å².